The third-order valence-electron chi connectivity index (χ3n) is 5.55. The standard InChI is InChI=1S/C22H23N3O4/c26-20(24-14-12-22(29,13-15-24)21(27)28)11-10-19-23-17-8-4-5-9-18(17)25(19)16-6-2-1-3-7-16/h1-9,29H,10-15H2,(H,27,28). The molecular formula is C22H23N3O4. The number of amides is 1. The van der Waals surface area contributed by atoms with E-state index in [-0.39, 0.29) is 38.3 Å². The molecule has 1 fully saturated rings. The maximum atomic E-state index is 12.7. The van der Waals surface area contributed by atoms with Gasteiger partial charge in [-0.2, -0.15) is 0 Å². The van der Waals surface area contributed by atoms with Crippen LogP contribution in [-0.4, -0.2) is 55.2 Å². The molecular weight excluding hydrogens is 370 g/mol. The second kappa shape index (κ2) is 7.67. The van der Waals surface area contributed by atoms with Gasteiger partial charge in [-0.15, -0.1) is 0 Å². The van der Waals surface area contributed by atoms with Crippen molar-refractivity contribution in [3.8, 4) is 5.69 Å². The molecule has 1 aromatic heterocycles. The average molecular weight is 393 g/mol. The number of likely N-dealkylation sites (tertiary alicyclic amines) is 1. The maximum absolute atomic E-state index is 12.7. The molecule has 4 rings (SSSR count). The van der Waals surface area contributed by atoms with Crippen molar-refractivity contribution in [1.29, 1.82) is 0 Å². The lowest BCUT2D eigenvalue weighted by molar-refractivity contribution is -0.165. The van der Waals surface area contributed by atoms with Crippen LogP contribution in [0.3, 0.4) is 0 Å². The fourth-order valence-corrected chi connectivity index (χ4v) is 3.83. The van der Waals surface area contributed by atoms with Crippen LogP contribution in [-0.2, 0) is 16.0 Å². The molecule has 2 aromatic carbocycles. The van der Waals surface area contributed by atoms with E-state index < -0.39 is 11.6 Å². The van der Waals surface area contributed by atoms with Crippen molar-refractivity contribution in [3.05, 3.63) is 60.4 Å². The number of aliphatic carboxylic acids is 1. The van der Waals surface area contributed by atoms with Crippen LogP contribution in [0.5, 0.6) is 0 Å². The maximum Gasteiger partial charge on any atom is 0.335 e. The Hall–Kier alpha value is -3.19. The number of aryl methyl sites for hydroxylation is 1. The minimum absolute atomic E-state index is 0.0518. The predicted octanol–water partition coefficient (Wildman–Crippen LogP) is 2.40. The van der Waals surface area contributed by atoms with Crippen molar-refractivity contribution in [1.82, 2.24) is 14.5 Å². The highest BCUT2D eigenvalue weighted by atomic mass is 16.4. The topological polar surface area (TPSA) is 95.7 Å². The van der Waals surface area contributed by atoms with Crippen molar-refractivity contribution in [3.63, 3.8) is 0 Å². The molecule has 0 spiro atoms. The number of nitrogens with zero attached hydrogens (tertiary/aromatic N) is 3. The van der Waals surface area contributed by atoms with Crippen LogP contribution in [0, 0.1) is 0 Å². The fraction of sp³-hybridized carbons (Fsp3) is 0.318. The van der Waals surface area contributed by atoms with Gasteiger partial charge in [0.15, 0.2) is 5.60 Å². The number of aliphatic hydroxyl groups is 1. The second-order valence-electron chi connectivity index (χ2n) is 7.41. The largest absolute Gasteiger partial charge is 0.479 e. The number of para-hydroxylation sites is 3. The Labute approximate surface area is 168 Å². The van der Waals surface area contributed by atoms with Crippen LogP contribution in [0.25, 0.3) is 16.7 Å². The van der Waals surface area contributed by atoms with Gasteiger partial charge in [0.2, 0.25) is 5.91 Å². The van der Waals surface area contributed by atoms with E-state index in [1.165, 1.54) is 0 Å². The first kappa shape index (κ1) is 19.1. The number of aromatic nitrogens is 2. The Morgan fingerprint density at radius 3 is 2.34 bits per heavy atom. The van der Waals surface area contributed by atoms with E-state index in [1.807, 2.05) is 54.6 Å². The van der Waals surface area contributed by atoms with Gasteiger partial charge in [-0.25, -0.2) is 9.78 Å². The van der Waals surface area contributed by atoms with E-state index in [1.54, 1.807) is 4.90 Å². The lowest BCUT2D eigenvalue weighted by Gasteiger charge is -2.35. The molecule has 29 heavy (non-hydrogen) atoms. The lowest BCUT2D eigenvalue weighted by atomic mass is 9.91. The smallest absolute Gasteiger partial charge is 0.335 e. The molecule has 2 heterocycles. The summed E-state index contributed by atoms with van der Waals surface area (Å²) in [6.07, 6.45) is 0.858. The number of benzene rings is 2. The number of imidazole rings is 1. The molecule has 1 aliphatic rings. The lowest BCUT2D eigenvalue weighted by Crippen LogP contribution is -2.50. The summed E-state index contributed by atoms with van der Waals surface area (Å²) in [5.74, 6) is -0.463. The van der Waals surface area contributed by atoms with Gasteiger partial charge < -0.3 is 15.1 Å². The first-order chi connectivity index (χ1) is 14.0. The van der Waals surface area contributed by atoms with Gasteiger partial charge in [0, 0.05) is 44.5 Å². The molecule has 0 bridgehead atoms. The highest BCUT2D eigenvalue weighted by Crippen LogP contribution is 2.25. The van der Waals surface area contributed by atoms with Crippen molar-refractivity contribution in [2.45, 2.75) is 31.3 Å². The third-order valence-corrected chi connectivity index (χ3v) is 5.55. The van der Waals surface area contributed by atoms with E-state index in [2.05, 4.69) is 4.57 Å². The average Bonchev–Trinajstić information content (AvgIpc) is 3.11. The molecule has 0 unspecified atom stereocenters. The molecule has 7 nitrogen and oxygen atoms in total. The molecule has 150 valence electrons. The van der Waals surface area contributed by atoms with Gasteiger partial charge in [0.1, 0.15) is 5.82 Å². The zero-order valence-corrected chi connectivity index (χ0v) is 16.0. The first-order valence-electron chi connectivity index (χ1n) is 9.73. The van der Waals surface area contributed by atoms with E-state index in [0.717, 1.165) is 22.5 Å². The van der Waals surface area contributed by atoms with E-state index >= 15 is 0 Å². The van der Waals surface area contributed by atoms with E-state index in [0.29, 0.717) is 6.42 Å². The summed E-state index contributed by atoms with van der Waals surface area (Å²) in [5, 5.41) is 19.2. The van der Waals surface area contributed by atoms with Crippen LogP contribution in [0.2, 0.25) is 0 Å². The first-order valence-corrected chi connectivity index (χ1v) is 9.73. The number of carboxylic acids is 1. The quantitative estimate of drug-likeness (QED) is 0.694. The van der Waals surface area contributed by atoms with Gasteiger partial charge in [-0.1, -0.05) is 30.3 Å². The van der Waals surface area contributed by atoms with Gasteiger partial charge in [-0.3, -0.25) is 9.36 Å². The number of carbonyl (C=O) groups excluding carboxylic acids is 1. The summed E-state index contributed by atoms with van der Waals surface area (Å²) in [4.78, 5) is 30.2. The van der Waals surface area contributed by atoms with Crippen LogP contribution in [0.15, 0.2) is 54.6 Å². The molecule has 7 heteroatoms. The van der Waals surface area contributed by atoms with Crippen LogP contribution in [0.4, 0.5) is 0 Å². The van der Waals surface area contributed by atoms with Gasteiger partial charge in [-0.05, 0) is 24.3 Å². The van der Waals surface area contributed by atoms with Gasteiger partial charge >= 0.3 is 5.97 Å². The Morgan fingerprint density at radius 1 is 1.00 bits per heavy atom. The molecule has 0 saturated carbocycles. The number of carboxylic acid groups (broad SMARTS) is 1. The zero-order chi connectivity index (χ0) is 20.4. The zero-order valence-electron chi connectivity index (χ0n) is 16.0. The van der Waals surface area contributed by atoms with Gasteiger partial charge in [0.25, 0.3) is 0 Å². The number of fused-ring (bicyclic) bond motifs is 1. The number of rotatable bonds is 5. The normalized spacial score (nSPS) is 16.1. The molecule has 0 atom stereocenters. The Balaban J connectivity index is 1.51. The summed E-state index contributed by atoms with van der Waals surface area (Å²) in [5.41, 5.74) is 1.14. The minimum Gasteiger partial charge on any atom is -0.479 e. The van der Waals surface area contributed by atoms with Gasteiger partial charge in [0.05, 0.1) is 11.0 Å². The monoisotopic (exact) mass is 393 g/mol. The summed E-state index contributed by atoms with van der Waals surface area (Å²) in [7, 11) is 0. The summed E-state index contributed by atoms with van der Waals surface area (Å²) < 4.78 is 2.07. The molecule has 0 aliphatic carbocycles. The van der Waals surface area contributed by atoms with Crippen LogP contribution in [0.1, 0.15) is 25.1 Å². The molecule has 1 saturated heterocycles. The molecule has 2 N–H and O–H groups in total. The van der Waals surface area contributed by atoms with Crippen molar-refractivity contribution >= 4 is 22.9 Å². The molecule has 3 aromatic rings. The van der Waals surface area contributed by atoms with Crippen molar-refractivity contribution in [2.75, 3.05) is 13.1 Å². The van der Waals surface area contributed by atoms with Crippen LogP contribution < -0.4 is 0 Å². The molecule has 1 amide bonds. The molecule has 1 aliphatic heterocycles. The Kier molecular flexibility index (Phi) is 5.07. The number of hydrogen-bond donors (Lipinski definition) is 2. The summed E-state index contributed by atoms with van der Waals surface area (Å²) in [6.45, 7) is 0.494. The predicted molar refractivity (Wildman–Crippen MR) is 108 cm³/mol. The Bertz CT molecular complexity index is 1040. The number of piperidine rings is 1. The third kappa shape index (κ3) is 3.73. The Morgan fingerprint density at radius 2 is 1.66 bits per heavy atom. The minimum atomic E-state index is -1.72. The SMILES string of the molecule is O=C(CCc1nc2ccccc2n1-c1ccccc1)N1CCC(O)(C(=O)O)CC1. The second-order valence-corrected chi connectivity index (χ2v) is 7.41. The van der Waals surface area contributed by atoms with Crippen LogP contribution >= 0.6 is 0 Å². The van der Waals surface area contributed by atoms with Crippen molar-refractivity contribution in [2.24, 2.45) is 0 Å². The molecule has 0 radical (unpaired) electrons. The number of carbonyl (C=O) groups is 2. The van der Waals surface area contributed by atoms with E-state index in [9.17, 15) is 14.7 Å². The summed E-state index contributed by atoms with van der Waals surface area (Å²) in [6, 6.07) is 17.8. The number of hydrogen-bond acceptors (Lipinski definition) is 4. The fourth-order valence-electron chi connectivity index (χ4n) is 3.83. The van der Waals surface area contributed by atoms with Crippen molar-refractivity contribution < 1.29 is 19.8 Å². The highest BCUT2D eigenvalue weighted by molar-refractivity contribution is 5.80. The highest BCUT2D eigenvalue weighted by Gasteiger charge is 2.40. The van der Waals surface area contributed by atoms with E-state index in [4.69, 9.17) is 10.1 Å². The summed E-state index contributed by atoms with van der Waals surface area (Å²) >= 11 is 0.